The molecule has 12 heavy (non-hydrogen) atoms. The van der Waals surface area contributed by atoms with E-state index in [0.29, 0.717) is 6.61 Å². The second-order valence-corrected chi connectivity index (χ2v) is 8.20. The lowest BCUT2D eigenvalue weighted by atomic mass is 10.5. The molecule has 1 atom stereocenters. The SMILES string of the molecule is CCOP(=S)(S)N1CCOCC1. The van der Waals surface area contributed by atoms with Gasteiger partial charge in [-0.15, -0.1) is 0 Å². The van der Waals surface area contributed by atoms with Crippen LogP contribution in [0.3, 0.4) is 0 Å². The van der Waals surface area contributed by atoms with Crippen molar-refractivity contribution in [3.63, 3.8) is 0 Å². The van der Waals surface area contributed by atoms with Gasteiger partial charge in [-0.05, 0) is 18.7 Å². The van der Waals surface area contributed by atoms with Crippen LogP contribution in [0.15, 0.2) is 0 Å². The largest absolute Gasteiger partial charge is 0.379 e. The minimum atomic E-state index is -1.99. The smallest absolute Gasteiger partial charge is 0.185 e. The summed E-state index contributed by atoms with van der Waals surface area (Å²) < 4.78 is 12.8. The van der Waals surface area contributed by atoms with Crippen LogP contribution in [0.2, 0.25) is 0 Å². The molecule has 0 aromatic heterocycles. The number of rotatable bonds is 3. The Balaban J connectivity index is 2.48. The maximum Gasteiger partial charge on any atom is 0.185 e. The van der Waals surface area contributed by atoms with E-state index in [2.05, 4.69) is 16.9 Å². The summed E-state index contributed by atoms with van der Waals surface area (Å²) in [5.74, 6) is 0. The Labute approximate surface area is 83.7 Å². The van der Waals surface area contributed by atoms with Gasteiger partial charge in [0.25, 0.3) is 0 Å². The lowest BCUT2D eigenvalue weighted by molar-refractivity contribution is 0.0710. The van der Waals surface area contributed by atoms with Crippen LogP contribution in [0.4, 0.5) is 0 Å². The van der Waals surface area contributed by atoms with Crippen molar-refractivity contribution in [2.75, 3.05) is 32.9 Å². The van der Waals surface area contributed by atoms with Gasteiger partial charge in [-0.1, -0.05) is 12.2 Å². The van der Waals surface area contributed by atoms with E-state index in [1.165, 1.54) is 0 Å². The molecule has 3 nitrogen and oxygen atoms in total. The molecule has 1 aliphatic heterocycles. The highest BCUT2D eigenvalue weighted by Crippen LogP contribution is 2.55. The van der Waals surface area contributed by atoms with Crippen LogP contribution in [0.5, 0.6) is 0 Å². The van der Waals surface area contributed by atoms with Gasteiger partial charge in [-0.2, -0.15) is 0 Å². The Morgan fingerprint density at radius 2 is 2.17 bits per heavy atom. The zero-order chi connectivity index (χ0) is 9.03. The number of morpholine rings is 1. The molecule has 1 heterocycles. The van der Waals surface area contributed by atoms with Crippen molar-refractivity contribution in [1.82, 2.24) is 4.67 Å². The topological polar surface area (TPSA) is 21.7 Å². The average molecular weight is 227 g/mol. The quantitative estimate of drug-likeness (QED) is 0.582. The lowest BCUT2D eigenvalue weighted by Crippen LogP contribution is -2.33. The number of hydrogen-bond donors (Lipinski definition) is 1. The summed E-state index contributed by atoms with van der Waals surface area (Å²) in [5.41, 5.74) is -1.99. The third-order valence-corrected chi connectivity index (χ3v) is 5.47. The van der Waals surface area contributed by atoms with Crippen molar-refractivity contribution >= 4 is 29.7 Å². The Hall–Kier alpha value is 0.880. The number of ether oxygens (including phenoxy) is 1. The van der Waals surface area contributed by atoms with E-state index in [1.54, 1.807) is 0 Å². The lowest BCUT2D eigenvalue weighted by Gasteiger charge is -2.33. The van der Waals surface area contributed by atoms with E-state index in [-0.39, 0.29) is 0 Å². The van der Waals surface area contributed by atoms with Crippen LogP contribution in [0, 0.1) is 0 Å². The van der Waals surface area contributed by atoms with Crippen molar-refractivity contribution in [3.05, 3.63) is 0 Å². The van der Waals surface area contributed by atoms with Gasteiger partial charge in [0.2, 0.25) is 0 Å². The van der Waals surface area contributed by atoms with Gasteiger partial charge >= 0.3 is 0 Å². The van der Waals surface area contributed by atoms with Gasteiger partial charge in [-0.25, -0.2) is 4.67 Å². The third-order valence-electron chi connectivity index (χ3n) is 1.64. The van der Waals surface area contributed by atoms with Crippen LogP contribution in [0.1, 0.15) is 6.92 Å². The number of nitrogens with zero attached hydrogens (tertiary/aromatic N) is 1. The van der Waals surface area contributed by atoms with E-state index in [1.807, 2.05) is 6.92 Å². The molecule has 1 fully saturated rings. The van der Waals surface area contributed by atoms with Crippen LogP contribution >= 0.6 is 17.9 Å². The second-order valence-electron chi connectivity index (χ2n) is 2.47. The molecule has 1 rings (SSSR count). The summed E-state index contributed by atoms with van der Waals surface area (Å²) in [6.07, 6.45) is 0. The normalized spacial score (nSPS) is 25.2. The van der Waals surface area contributed by atoms with E-state index in [0.717, 1.165) is 26.3 Å². The summed E-state index contributed by atoms with van der Waals surface area (Å²) in [6, 6.07) is 0. The summed E-state index contributed by atoms with van der Waals surface area (Å²) >= 11 is 9.67. The molecule has 0 saturated carbocycles. The van der Waals surface area contributed by atoms with Gasteiger partial charge < -0.3 is 9.26 Å². The predicted molar refractivity (Wildman–Crippen MR) is 57.3 cm³/mol. The highest BCUT2D eigenvalue weighted by molar-refractivity contribution is 8.60. The molecule has 0 aromatic rings. The summed E-state index contributed by atoms with van der Waals surface area (Å²) in [6.45, 7) is 5.76. The molecule has 0 aliphatic carbocycles. The minimum Gasteiger partial charge on any atom is -0.379 e. The van der Waals surface area contributed by atoms with Crippen molar-refractivity contribution in [3.8, 4) is 0 Å². The molecule has 0 radical (unpaired) electrons. The van der Waals surface area contributed by atoms with E-state index in [4.69, 9.17) is 21.1 Å². The zero-order valence-electron chi connectivity index (χ0n) is 7.10. The first-order chi connectivity index (χ1) is 5.67. The minimum absolute atomic E-state index is 0.637. The zero-order valence-corrected chi connectivity index (χ0v) is 9.71. The molecule has 1 unspecified atom stereocenters. The van der Waals surface area contributed by atoms with Crippen molar-refractivity contribution in [2.24, 2.45) is 0 Å². The van der Waals surface area contributed by atoms with E-state index in [9.17, 15) is 0 Å². The molecule has 0 bridgehead atoms. The Bertz CT molecular complexity index is 184. The first-order valence-electron chi connectivity index (χ1n) is 3.97. The standard InChI is InChI=1S/C6H14NO2PS2/c1-2-9-10(11,12)7-3-5-8-6-4-7/h2-6H2,1H3,(H,11,12). The number of hydrogen-bond acceptors (Lipinski definition) is 3. The molecule has 0 amide bonds. The monoisotopic (exact) mass is 227 g/mol. The fourth-order valence-electron chi connectivity index (χ4n) is 1.06. The van der Waals surface area contributed by atoms with Gasteiger partial charge in [-0.3, -0.25) is 0 Å². The molecule has 1 saturated heterocycles. The summed E-state index contributed by atoms with van der Waals surface area (Å²) in [4.78, 5) is 0. The first kappa shape index (κ1) is 11.0. The van der Waals surface area contributed by atoms with Crippen LogP contribution < -0.4 is 0 Å². The molecular weight excluding hydrogens is 213 g/mol. The molecule has 0 aromatic carbocycles. The Kier molecular flexibility index (Phi) is 4.51. The average Bonchev–Trinajstić information content (AvgIpc) is 2.06. The molecule has 0 spiro atoms. The maximum atomic E-state index is 5.43. The maximum absolute atomic E-state index is 5.43. The highest BCUT2D eigenvalue weighted by atomic mass is 32.9. The van der Waals surface area contributed by atoms with Gasteiger partial charge in [0, 0.05) is 13.1 Å². The van der Waals surface area contributed by atoms with Crippen LogP contribution in [-0.4, -0.2) is 37.6 Å². The summed E-state index contributed by atoms with van der Waals surface area (Å²) in [7, 11) is 0. The molecular formula is C6H14NO2PS2. The van der Waals surface area contributed by atoms with E-state index >= 15 is 0 Å². The number of thiol groups is 1. The van der Waals surface area contributed by atoms with Gasteiger partial charge in [0.1, 0.15) is 0 Å². The first-order valence-corrected chi connectivity index (χ1v) is 7.80. The fraction of sp³-hybridized carbons (Fsp3) is 1.00. The van der Waals surface area contributed by atoms with Crippen molar-refractivity contribution in [1.29, 1.82) is 0 Å². The highest BCUT2D eigenvalue weighted by Gasteiger charge is 2.23. The Morgan fingerprint density at radius 3 is 2.67 bits per heavy atom. The third kappa shape index (κ3) is 2.98. The molecule has 1 aliphatic rings. The van der Waals surface area contributed by atoms with Crippen LogP contribution in [-0.2, 0) is 21.1 Å². The van der Waals surface area contributed by atoms with Crippen molar-refractivity contribution in [2.45, 2.75) is 6.92 Å². The fourth-order valence-corrected chi connectivity index (χ4v) is 3.91. The van der Waals surface area contributed by atoms with Crippen LogP contribution in [0.25, 0.3) is 0 Å². The van der Waals surface area contributed by atoms with Crippen molar-refractivity contribution < 1.29 is 9.26 Å². The predicted octanol–water partition coefficient (Wildman–Crippen LogP) is 1.51. The van der Waals surface area contributed by atoms with E-state index < -0.39 is 5.62 Å². The molecule has 72 valence electrons. The van der Waals surface area contributed by atoms with Gasteiger partial charge in [0.15, 0.2) is 5.62 Å². The van der Waals surface area contributed by atoms with Gasteiger partial charge in [0.05, 0.1) is 19.8 Å². The Morgan fingerprint density at radius 1 is 1.58 bits per heavy atom. The molecule has 6 heteroatoms. The summed E-state index contributed by atoms with van der Waals surface area (Å²) in [5, 5.41) is 0. The molecule has 0 N–H and O–H groups in total. The second kappa shape index (κ2) is 4.94.